The minimum atomic E-state index is -4.68. The second-order valence-corrected chi connectivity index (χ2v) is 17.0. The van der Waals surface area contributed by atoms with Gasteiger partial charge in [0.1, 0.15) is 13.2 Å². The maximum atomic E-state index is 12.8. The lowest BCUT2D eigenvalue weighted by molar-refractivity contribution is -0.870. The SMILES string of the molecule is CCCCCCCCCCCCC/C=C/[C@@H](O)[C@H](COP(=O)([O-])OCC[N+](C)(C)C)NC(=O)CCC[C@H](O)[C@@H](O)/C=C/C=C/C=C\C=C\[C@@H](O)CCCCC. The van der Waals surface area contributed by atoms with Gasteiger partial charge in [0.2, 0.25) is 5.91 Å². The Labute approximate surface area is 334 Å². The van der Waals surface area contributed by atoms with E-state index in [1.54, 1.807) is 48.6 Å². The zero-order chi connectivity index (χ0) is 41.2. The van der Waals surface area contributed by atoms with Crippen LogP contribution in [0.15, 0.2) is 60.8 Å². The van der Waals surface area contributed by atoms with Crippen LogP contribution in [-0.2, 0) is 18.4 Å². The number of amides is 1. The van der Waals surface area contributed by atoms with Crippen LogP contribution in [0.4, 0.5) is 0 Å². The summed E-state index contributed by atoms with van der Waals surface area (Å²) in [7, 11) is 1.03. The van der Waals surface area contributed by atoms with Crippen LogP contribution < -0.4 is 10.2 Å². The van der Waals surface area contributed by atoms with Gasteiger partial charge in [0.25, 0.3) is 7.82 Å². The highest BCUT2D eigenvalue weighted by Crippen LogP contribution is 2.38. The fourth-order valence-corrected chi connectivity index (χ4v) is 6.26. The van der Waals surface area contributed by atoms with Crippen LogP contribution >= 0.6 is 7.82 Å². The summed E-state index contributed by atoms with van der Waals surface area (Å²) in [5, 5.41) is 44.2. The molecule has 0 saturated heterocycles. The molecule has 0 bridgehead atoms. The van der Waals surface area contributed by atoms with Gasteiger partial charge in [0.15, 0.2) is 0 Å². The normalized spacial score (nSPS) is 16.8. The Bertz CT molecular complexity index is 1140. The summed E-state index contributed by atoms with van der Waals surface area (Å²) >= 11 is 0. The molecule has 0 heterocycles. The maximum Gasteiger partial charge on any atom is 0.268 e. The van der Waals surface area contributed by atoms with E-state index in [9.17, 15) is 34.7 Å². The molecule has 55 heavy (non-hydrogen) atoms. The number of unbranched alkanes of at least 4 members (excludes halogenated alkanes) is 13. The van der Waals surface area contributed by atoms with Crippen molar-refractivity contribution in [2.24, 2.45) is 0 Å². The van der Waals surface area contributed by atoms with E-state index in [-0.39, 0.29) is 25.9 Å². The molecule has 0 aliphatic carbocycles. The molecule has 0 radical (unpaired) electrons. The highest BCUT2D eigenvalue weighted by molar-refractivity contribution is 7.45. The lowest BCUT2D eigenvalue weighted by Gasteiger charge is -2.29. The molecule has 6 atom stereocenters. The fraction of sp³-hybridized carbons (Fsp3) is 0.744. The number of rotatable bonds is 36. The van der Waals surface area contributed by atoms with Gasteiger partial charge in [-0.15, -0.1) is 0 Å². The highest BCUT2D eigenvalue weighted by Gasteiger charge is 2.23. The van der Waals surface area contributed by atoms with Crippen molar-refractivity contribution in [1.82, 2.24) is 5.32 Å². The lowest BCUT2D eigenvalue weighted by atomic mass is 10.0. The van der Waals surface area contributed by atoms with Crippen molar-refractivity contribution in [3.8, 4) is 0 Å². The number of nitrogens with one attached hydrogen (secondary N) is 1. The Morgan fingerprint density at radius 1 is 0.691 bits per heavy atom. The summed E-state index contributed by atoms with van der Waals surface area (Å²) in [5.41, 5.74) is 0. The molecule has 5 N–H and O–H groups in total. The Kier molecular flexibility index (Phi) is 33.0. The van der Waals surface area contributed by atoms with Crippen molar-refractivity contribution < 1.29 is 48.2 Å². The highest BCUT2D eigenvalue weighted by atomic mass is 31.2. The predicted molar refractivity (Wildman–Crippen MR) is 223 cm³/mol. The number of nitrogens with zero attached hydrogens (tertiary/aromatic N) is 1. The summed E-state index contributed by atoms with van der Waals surface area (Å²) in [5.74, 6) is -0.451. The van der Waals surface area contributed by atoms with Gasteiger partial charge in [-0.3, -0.25) is 9.36 Å². The molecule has 12 heteroatoms. The van der Waals surface area contributed by atoms with Gasteiger partial charge in [-0.25, -0.2) is 0 Å². The van der Waals surface area contributed by atoms with Crippen LogP contribution in [0.1, 0.15) is 136 Å². The topological polar surface area (TPSA) is 169 Å². The van der Waals surface area contributed by atoms with Crippen molar-refractivity contribution in [2.75, 3.05) is 40.9 Å². The minimum Gasteiger partial charge on any atom is -0.756 e. The molecule has 320 valence electrons. The van der Waals surface area contributed by atoms with Crippen LogP contribution in [0, 0.1) is 0 Å². The third kappa shape index (κ3) is 35.0. The number of carbonyl (C=O) groups excluding carboxylic acids is 1. The van der Waals surface area contributed by atoms with Crippen LogP contribution in [0.2, 0.25) is 0 Å². The number of phosphoric acid groups is 1. The summed E-state index contributed by atoms with van der Waals surface area (Å²) in [6, 6.07) is -1.05. The van der Waals surface area contributed by atoms with E-state index in [1.807, 2.05) is 27.2 Å². The molecule has 0 aromatic carbocycles. The number of quaternary nitrogens is 1. The first-order chi connectivity index (χ1) is 26.2. The molecular formula is C43H79N2O9P. The van der Waals surface area contributed by atoms with Crippen LogP contribution in [0.3, 0.4) is 0 Å². The number of phosphoric ester groups is 1. The van der Waals surface area contributed by atoms with E-state index in [1.165, 1.54) is 63.9 Å². The summed E-state index contributed by atoms with van der Waals surface area (Å²) in [6.45, 7) is 4.22. The van der Waals surface area contributed by atoms with Crippen LogP contribution in [0.25, 0.3) is 0 Å². The van der Waals surface area contributed by atoms with Gasteiger partial charge >= 0.3 is 0 Å². The first kappa shape index (κ1) is 53.1. The van der Waals surface area contributed by atoms with Crippen molar-refractivity contribution in [3.63, 3.8) is 0 Å². The number of hydrogen-bond acceptors (Lipinski definition) is 9. The van der Waals surface area contributed by atoms with Crippen molar-refractivity contribution in [3.05, 3.63) is 60.8 Å². The largest absolute Gasteiger partial charge is 0.756 e. The quantitative estimate of drug-likeness (QED) is 0.0143. The zero-order valence-corrected chi connectivity index (χ0v) is 35.8. The molecule has 11 nitrogen and oxygen atoms in total. The number of likely N-dealkylation sites (N-methyl/N-ethyl adjacent to an activating group) is 1. The van der Waals surface area contributed by atoms with E-state index in [2.05, 4.69) is 19.2 Å². The second kappa shape index (κ2) is 34.1. The Balaban J connectivity index is 4.86. The van der Waals surface area contributed by atoms with Gasteiger partial charge in [-0.2, -0.15) is 0 Å². The molecule has 0 aromatic heterocycles. The maximum absolute atomic E-state index is 12.8. The Morgan fingerprint density at radius 3 is 1.84 bits per heavy atom. The molecule has 0 spiro atoms. The number of allylic oxidation sites excluding steroid dienone is 7. The van der Waals surface area contributed by atoms with E-state index in [0.717, 1.165) is 44.9 Å². The van der Waals surface area contributed by atoms with E-state index >= 15 is 0 Å². The van der Waals surface area contributed by atoms with Crippen molar-refractivity contribution >= 4 is 13.7 Å². The summed E-state index contributed by atoms with van der Waals surface area (Å²) in [4.78, 5) is 25.3. The molecule has 1 unspecified atom stereocenters. The molecule has 1 amide bonds. The third-order valence-electron chi connectivity index (χ3n) is 9.09. The second-order valence-electron chi connectivity index (χ2n) is 15.6. The van der Waals surface area contributed by atoms with Gasteiger partial charge in [-0.1, -0.05) is 158 Å². The fourth-order valence-electron chi connectivity index (χ4n) is 5.53. The summed E-state index contributed by atoms with van der Waals surface area (Å²) < 4.78 is 23.0. The zero-order valence-electron chi connectivity index (χ0n) is 34.9. The van der Waals surface area contributed by atoms with Gasteiger partial charge in [0.05, 0.1) is 58.2 Å². The average Bonchev–Trinajstić information content (AvgIpc) is 3.12. The third-order valence-corrected chi connectivity index (χ3v) is 10.1. The van der Waals surface area contributed by atoms with Gasteiger partial charge < -0.3 is 44.2 Å². The number of aliphatic hydroxyl groups excluding tert-OH is 4. The van der Waals surface area contributed by atoms with E-state index < -0.39 is 50.8 Å². The molecule has 0 saturated carbocycles. The lowest BCUT2D eigenvalue weighted by Crippen LogP contribution is -2.46. The Hall–Kier alpha value is -1.92. The number of carbonyl (C=O) groups is 1. The minimum absolute atomic E-state index is 0.0142. The number of hydrogen-bond donors (Lipinski definition) is 5. The van der Waals surface area contributed by atoms with Crippen molar-refractivity contribution in [2.45, 2.75) is 166 Å². The van der Waals surface area contributed by atoms with Gasteiger partial charge in [0, 0.05) is 6.42 Å². The van der Waals surface area contributed by atoms with Crippen molar-refractivity contribution in [1.29, 1.82) is 0 Å². The molecule has 0 aliphatic heterocycles. The van der Waals surface area contributed by atoms with E-state index in [4.69, 9.17) is 9.05 Å². The molecule has 0 aromatic rings. The van der Waals surface area contributed by atoms with Crippen LogP contribution in [-0.4, -0.2) is 102 Å². The molecule has 0 fully saturated rings. The summed E-state index contributed by atoms with van der Waals surface area (Å²) in [6.07, 6.45) is 31.9. The van der Waals surface area contributed by atoms with Crippen LogP contribution in [0.5, 0.6) is 0 Å². The first-order valence-electron chi connectivity index (χ1n) is 21.0. The van der Waals surface area contributed by atoms with E-state index in [0.29, 0.717) is 11.0 Å². The Morgan fingerprint density at radius 2 is 1.24 bits per heavy atom. The first-order valence-corrected chi connectivity index (χ1v) is 22.4. The standard InChI is InChI=1S/C43H79N2O9P/c1-6-8-10-11-12-13-14-15-16-17-18-22-26-31-40(47)39(37-54-55(51,52)53-36-35-45(3,4)5)44-43(50)34-28-33-42(49)41(48)32-27-23-20-19-21-25-30-38(46)29-24-9-7-2/h19-21,23,25-27,30-32,38-42,46-49H,6-18,22,24,28-29,33-37H2,1-5H3,(H-,44,50,51,52)/b21-19-,23-20+,30-25+,31-26+,32-27+/t38-,39-,40+,41-,42-/m0/s1. The molecule has 0 rings (SSSR count). The monoisotopic (exact) mass is 799 g/mol. The molecular weight excluding hydrogens is 719 g/mol. The number of aliphatic hydroxyl groups is 4. The van der Waals surface area contributed by atoms with Gasteiger partial charge in [-0.05, 0) is 32.1 Å². The molecule has 0 aliphatic rings. The predicted octanol–water partition coefficient (Wildman–Crippen LogP) is 7.36. The average molecular weight is 799 g/mol. The smallest absolute Gasteiger partial charge is 0.268 e.